The minimum atomic E-state index is -0.219. The summed E-state index contributed by atoms with van der Waals surface area (Å²) in [5.41, 5.74) is 1.32. The molecule has 0 aliphatic heterocycles. The average Bonchev–Trinajstić information content (AvgIpc) is 2.83. The summed E-state index contributed by atoms with van der Waals surface area (Å²) >= 11 is 1.50. The van der Waals surface area contributed by atoms with E-state index >= 15 is 0 Å². The molecule has 4 aromatic rings. The molecule has 0 unspecified atom stereocenters. The summed E-state index contributed by atoms with van der Waals surface area (Å²) < 4.78 is 2.90. The summed E-state index contributed by atoms with van der Waals surface area (Å²) in [4.78, 5) is 16.6. The van der Waals surface area contributed by atoms with E-state index in [4.69, 9.17) is 0 Å². The van der Waals surface area contributed by atoms with Gasteiger partial charge < -0.3 is 0 Å². The zero-order chi connectivity index (χ0) is 13.7. The molecule has 0 spiro atoms. The monoisotopic (exact) mass is 281 g/mol. The molecule has 0 aliphatic carbocycles. The van der Waals surface area contributed by atoms with E-state index in [9.17, 15) is 4.79 Å². The van der Waals surface area contributed by atoms with Crippen LogP contribution in [0.25, 0.3) is 25.9 Å². The molecule has 4 rings (SSSR count). The highest BCUT2D eigenvalue weighted by Gasteiger charge is 2.12. The Morgan fingerprint density at radius 1 is 1.20 bits per heavy atom. The molecule has 0 N–H and O–H groups in total. The first-order valence-electron chi connectivity index (χ1n) is 6.48. The molecular weight excluding hydrogens is 270 g/mol. The Morgan fingerprint density at radius 3 is 2.90 bits per heavy atom. The molecule has 0 bridgehead atoms. The lowest BCUT2D eigenvalue weighted by atomic mass is 10.1. The van der Waals surface area contributed by atoms with Crippen molar-refractivity contribution in [1.82, 2.24) is 14.6 Å². The number of hydrogen-bond acceptors (Lipinski definition) is 4. The highest BCUT2D eigenvalue weighted by atomic mass is 32.1. The molecule has 2 aromatic heterocycles. The third-order valence-corrected chi connectivity index (χ3v) is 4.45. The summed E-state index contributed by atoms with van der Waals surface area (Å²) in [6.45, 7) is 1.92. The van der Waals surface area contributed by atoms with Crippen molar-refractivity contribution in [3.8, 4) is 0 Å². The minimum Gasteiger partial charge on any atom is -0.265 e. The molecule has 0 saturated heterocycles. The second kappa shape index (κ2) is 4.11. The number of aromatic nitrogens is 3. The smallest absolute Gasteiger partial charge is 0.265 e. The zero-order valence-electron chi connectivity index (χ0n) is 10.8. The van der Waals surface area contributed by atoms with Gasteiger partial charge in [-0.15, -0.1) is 0 Å². The molecule has 0 aliphatic rings. The van der Waals surface area contributed by atoms with Gasteiger partial charge in [-0.3, -0.25) is 4.79 Å². The Hall–Kier alpha value is -2.27. The van der Waals surface area contributed by atoms with Crippen LogP contribution >= 0.6 is 11.3 Å². The SMILES string of the molecule is CCc1nn2c(nc1=O)sc1ccc3ccccc3c12. The van der Waals surface area contributed by atoms with Crippen molar-refractivity contribution in [1.29, 1.82) is 0 Å². The third-order valence-electron chi connectivity index (χ3n) is 3.46. The first-order valence-corrected chi connectivity index (χ1v) is 7.30. The van der Waals surface area contributed by atoms with E-state index in [1.165, 1.54) is 16.7 Å². The van der Waals surface area contributed by atoms with E-state index < -0.39 is 0 Å². The Kier molecular flexibility index (Phi) is 2.37. The van der Waals surface area contributed by atoms with Crippen LogP contribution in [-0.2, 0) is 6.42 Å². The van der Waals surface area contributed by atoms with Gasteiger partial charge in [0.25, 0.3) is 5.56 Å². The van der Waals surface area contributed by atoms with Crippen molar-refractivity contribution in [3.05, 3.63) is 52.4 Å². The third kappa shape index (κ3) is 1.50. The largest absolute Gasteiger partial charge is 0.295 e. The van der Waals surface area contributed by atoms with E-state index in [1.807, 2.05) is 23.6 Å². The molecule has 0 radical (unpaired) electrons. The normalized spacial score (nSPS) is 11.7. The molecular formula is C15H11N3OS. The van der Waals surface area contributed by atoms with Crippen LogP contribution in [0.1, 0.15) is 12.6 Å². The summed E-state index contributed by atoms with van der Waals surface area (Å²) in [6, 6.07) is 12.3. The first kappa shape index (κ1) is 11.5. The number of nitrogens with zero attached hydrogens (tertiary/aromatic N) is 3. The predicted octanol–water partition coefficient (Wildman–Crippen LogP) is 3.02. The molecule has 2 aromatic carbocycles. The number of benzene rings is 2. The molecule has 0 amide bonds. The van der Waals surface area contributed by atoms with Crippen molar-refractivity contribution in [2.45, 2.75) is 13.3 Å². The molecule has 5 heteroatoms. The molecule has 0 saturated carbocycles. The van der Waals surface area contributed by atoms with Gasteiger partial charge in [-0.25, -0.2) is 4.52 Å². The molecule has 4 nitrogen and oxygen atoms in total. The van der Waals surface area contributed by atoms with Crippen LogP contribution in [0.3, 0.4) is 0 Å². The van der Waals surface area contributed by atoms with Gasteiger partial charge in [-0.1, -0.05) is 48.6 Å². The fraction of sp³-hybridized carbons (Fsp3) is 0.133. The average molecular weight is 281 g/mol. The predicted molar refractivity (Wildman–Crippen MR) is 81.5 cm³/mol. The standard InChI is InChI=1S/C15H11N3OS/c1-2-11-14(19)16-15-18(17-11)13-10-6-4-3-5-9(10)7-8-12(13)20-15/h3-8H,2H2,1H3. The molecule has 0 atom stereocenters. The Labute approximate surface area is 118 Å². The van der Waals surface area contributed by atoms with Crippen molar-refractivity contribution in [2.75, 3.05) is 0 Å². The van der Waals surface area contributed by atoms with E-state index in [1.54, 1.807) is 0 Å². The van der Waals surface area contributed by atoms with Crippen molar-refractivity contribution in [3.63, 3.8) is 0 Å². The van der Waals surface area contributed by atoms with Crippen molar-refractivity contribution < 1.29 is 0 Å². The lowest BCUT2D eigenvalue weighted by molar-refractivity contribution is 0.844. The van der Waals surface area contributed by atoms with Crippen LogP contribution in [0.5, 0.6) is 0 Å². The van der Waals surface area contributed by atoms with Gasteiger partial charge in [0, 0.05) is 5.39 Å². The Bertz CT molecular complexity index is 1020. The highest BCUT2D eigenvalue weighted by Crippen LogP contribution is 2.30. The molecule has 20 heavy (non-hydrogen) atoms. The fourth-order valence-corrected chi connectivity index (χ4v) is 3.45. The van der Waals surface area contributed by atoms with Gasteiger partial charge in [0.1, 0.15) is 5.69 Å². The maximum Gasteiger partial charge on any atom is 0.295 e. The maximum atomic E-state index is 11.8. The van der Waals surface area contributed by atoms with E-state index in [0.717, 1.165) is 15.6 Å². The van der Waals surface area contributed by atoms with Crippen molar-refractivity contribution in [2.24, 2.45) is 0 Å². The van der Waals surface area contributed by atoms with Gasteiger partial charge in [0.2, 0.25) is 4.96 Å². The number of fused-ring (bicyclic) bond motifs is 5. The second-order valence-electron chi connectivity index (χ2n) is 4.65. The number of thiazole rings is 1. The maximum absolute atomic E-state index is 11.8. The van der Waals surface area contributed by atoms with E-state index in [-0.39, 0.29) is 5.56 Å². The Balaban J connectivity index is 2.29. The molecule has 0 fully saturated rings. The van der Waals surface area contributed by atoms with Gasteiger partial charge >= 0.3 is 0 Å². The van der Waals surface area contributed by atoms with Crippen LogP contribution in [0.15, 0.2) is 41.2 Å². The van der Waals surface area contributed by atoms with E-state index in [0.29, 0.717) is 17.1 Å². The van der Waals surface area contributed by atoms with Crippen LogP contribution in [0, 0.1) is 0 Å². The second-order valence-corrected chi connectivity index (χ2v) is 5.66. The van der Waals surface area contributed by atoms with Crippen LogP contribution in [0.4, 0.5) is 0 Å². The quantitative estimate of drug-likeness (QED) is 0.539. The van der Waals surface area contributed by atoms with Crippen LogP contribution < -0.4 is 5.56 Å². The lowest BCUT2D eigenvalue weighted by Gasteiger charge is -2.01. The zero-order valence-corrected chi connectivity index (χ0v) is 11.6. The Morgan fingerprint density at radius 2 is 2.05 bits per heavy atom. The number of rotatable bonds is 1. The summed E-state index contributed by atoms with van der Waals surface area (Å²) in [5, 5.41) is 6.78. The van der Waals surface area contributed by atoms with Gasteiger partial charge in [0.05, 0.1) is 10.2 Å². The summed E-state index contributed by atoms with van der Waals surface area (Å²) in [7, 11) is 0. The minimum absolute atomic E-state index is 0.219. The highest BCUT2D eigenvalue weighted by molar-refractivity contribution is 7.23. The van der Waals surface area contributed by atoms with Gasteiger partial charge in [-0.2, -0.15) is 10.1 Å². The van der Waals surface area contributed by atoms with Crippen LogP contribution in [-0.4, -0.2) is 14.6 Å². The van der Waals surface area contributed by atoms with Crippen molar-refractivity contribution >= 4 is 37.3 Å². The molecule has 98 valence electrons. The topological polar surface area (TPSA) is 47.3 Å². The van der Waals surface area contributed by atoms with Crippen LogP contribution in [0.2, 0.25) is 0 Å². The fourth-order valence-electron chi connectivity index (χ4n) is 2.47. The first-order chi connectivity index (χ1) is 9.78. The van der Waals surface area contributed by atoms with Gasteiger partial charge in [0.15, 0.2) is 0 Å². The van der Waals surface area contributed by atoms with E-state index in [2.05, 4.69) is 34.3 Å². The summed E-state index contributed by atoms with van der Waals surface area (Å²) in [6.07, 6.45) is 0.594. The molecule has 2 heterocycles. The lowest BCUT2D eigenvalue weighted by Crippen LogP contribution is -2.17. The number of aryl methyl sites for hydroxylation is 1. The number of hydrogen-bond donors (Lipinski definition) is 0. The summed E-state index contributed by atoms with van der Waals surface area (Å²) in [5.74, 6) is 0. The van der Waals surface area contributed by atoms with Gasteiger partial charge in [-0.05, 0) is 17.9 Å².